The lowest BCUT2D eigenvalue weighted by molar-refractivity contribution is 0.787. The third-order valence-electron chi connectivity index (χ3n) is 2.51. The summed E-state index contributed by atoms with van der Waals surface area (Å²) in [5, 5.41) is 4.79. The van der Waals surface area contributed by atoms with E-state index in [9.17, 15) is 0 Å². The summed E-state index contributed by atoms with van der Waals surface area (Å²) in [6.45, 7) is 0. The minimum absolute atomic E-state index is 0.689. The quantitative estimate of drug-likeness (QED) is 0.701. The standard InChI is InChI=1S/C11H9ClN4/c1-16-11-9(6-13-16)14-10(15-11)7-4-2-3-5-8(7)12/h2-6H,1H3,(H,14,15). The van der Waals surface area contributed by atoms with Gasteiger partial charge in [0.05, 0.1) is 11.2 Å². The van der Waals surface area contributed by atoms with Gasteiger partial charge in [-0.25, -0.2) is 9.67 Å². The largest absolute Gasteiger partial charge is 0.335 e. The van der Waals surface area contributed by atoms with Gasteiger partial charge in [0.15, 0.2) is 5.65 Å². The molecule has 5 heteroatoms. The summed E-state index contributed by atoms with van der Waals surface area (Å²) in [4.78, 5) is 7.66. The number of nitrogens with zero attached hydrogens (tertiary/aromatic N) is 3. The number of fused-ring (bicyclic) bond motifs is 1. The fourth-order valence-electron chi connectivity index (χ4n) is 1.69. The van der Waals surface area contributed by atoms with Crippen LogP contribution in [0.2, 0.25) is 5.02 Å². The monoisotopic (exact) mass is 232 g/mol. The third-order valence-corrected chi connectivity index (χ3v) is 2.84. The van der Waals surface area contributed by atoms with E-state index in [2.05, 4.69) is 15.1 Å². The number of aryl methyl sites for hydroxylation is 1. The average molecular weight is 233 g/mol. The predicted molar refractivity (Wildman–Crippen MR) is 63.3 cm³/mol. The molecule has 1 N–H and O–H groups in total. The van der Waals surface area contributed by atoms with Crippen LogP contribution in [0, 0.1) is 0 Å². The van der Waals surface area contributed by atoms with E-state index in [1.165, 1.54) is 0 Å². The van der Waals surface area contributed by atoms with Crippen LogP contribution >= 0.6 is 11.6 Å². The first-order chi connectivity index (χ1) is 7.75. The van der Waals surface area contributed by atoms with E-state index in [0.29, 0.717) is 5.02 Å². The topological polar surface area (TPSA) is 46.5 Å². The van der Waals surface area contributed by atoms with E-state index in [4.69, 9.17) is 11.6 Å². The van der Waals surface area contributed by atoms with Crippen molar-refractivity contribution in [1.82, 2.24) is 19.7 Å². The molecule has 0 aliphatic rings. The lowest BCUT2D eigenvalue weighted by atomic mass is 10.2. The number of aromatic amines is 1. The van der Waals surface area contributed by atoms with Crippen molar-refractivity contribution < 1.29 is 0 Å². The Kier molecular flexibility index (Phi) is 1.97. The highest BCUT2D eigenvalue weighted by atomic mass is 35.5. The molecule has 0 atom stereocenters. The van der Waals surface area contributed by atoms with Gasteiger partial charge in [0.2, 0.25) is 0 Å². The summed E-state index contributed by atoms with van der Waals surface area (Å²) in [6, 6.07) is 7.62. The van der Waals surface area contributed by atoms with Crippen LogP contribution < -0.4 is 0 Å². The molecule has 0 amide bonds. The summed E-state index contributed by atoms with van der Waals surface area (Å²) in [7, 11) is 1.86. The predicted octanol–water partition coefficient (Wildman–Crippen LogP) is 2.62. The van der Waals surface area contributed by atoms with E-state index in [1.54, 1.807) is 10.9 Å². The molecule has 3 aromatic rings. The van der Waals surface area contributed by atoms with Gasteiger partial charge in [-0.3, -0.25) is 0 Å². The second kappa shape index (κ2) is 3.35. The maximum Gasteiger partial charge on any atom is 0.176 e. The number of benzene rings is 1. The van der Waals surface area contributed by atoms with Gasteiger partial charge in [0, 0.05) is 12.6 Å². The summed E-state index contributed by atoms with van der Waals surface area (Å²) in [6.07, 6.45) is 1.75. The van der Waals surface area contributed by atoms with Crippen molar-refractivity contribution in [3.05, 3.63) is 35.5 Å². The lowest BCUT2D eigenvalue weighted by Crippen LogP contribution is -1.90. The normalized spacial score (nSPS) is 11.1. The van der Waals surface area contributed by atoms with Gasteiger partial charge in [0.25, 0.3) is 0 Å². The molecule has 3 rings (SSSR count). The molecule has 0 spiro atoms. The van der Waals surface area contributed by atoms with Gasteiger partial charge in [-0.1, -0.05) is 23.7 Å². The SMILES string of the molecule is Cn1ncc2[nH]c(-c3ccccc3Cl)nc21. The molecule has 0 unspecified atom stereocenters. The summed E-state index contributed by atoms with van der Waals surface area (Å²) in [5.41, 5.74) is 2.65. The highest BCUT2D eigenvalue weighted by Crippen LogP contribution is 2.26. The number of imidazole rings is 1. The highest BCUT2D eigenvalue weighted by Gasteiger charge is 2.10. The Morgan fingerprint density at radius 3 is 2.88 bits per heavy atom. The minimum Gasteiger partial charge on any atom is -0.335 e. The van der Waals surface area contributed by atoms with Gasteiger partial charge >= 0.3 is 0 Å². The zero-order chi connectivity index (χ0) is 11.1. The van der Waals surface area contributed by atoms with Crippen LogP contribution in [0.25, 0.3) is 22.6 Å². The molecule has 2 aromatic heterocycles. The molecule has 0 saturated carbocycles. The van der Waals surface area contributed by atoms with Gasteiger partial charge in [-0.2, -0.15) is 5.10 Å². The maximum atomic E-state index is 6.11. The molecule has 0 radical (unpaired) electrons. The van der Waals surface area contributed by atoms with Gasteiger partial charge in [-0.15, -0.1) is 0 Å². The Morgan fingerprint density at radius 2 is 2.12 bits per heavy atom. The molecular weight excluding hydrogens is 224 g/mol. The fourth-order valence-corrected chi connectivity index (χ4v) is 1.92. The number of hydrogen-bond donors (Lipinski definition) is 1. The van der Waals surface area contributed by atoms with Crippen LogP contribution in [0.3, 0.4) is 0 Å². The van der Waals surface area contributed by atoms with Gasteiger partial charge in [0.1, 0.15) is 11.3 Å². The third kappa shape index (κ3) is 1.31. The van der Waals surface area contributed by atoms with E-state index in [1.807, 2.05) is 31.3 Å². The van der Waals surface area contributed by atoms with Gasteiger partial charge in [-0.05, 0) is 12.1 Å². The van der Waals surface area contributed by atoms with Crippen molar-refractivity contribution in [3.63, 3.8) is 0 Å². The zero-order valence-corrected chi connectivity index (χ0v) is 9.36. The van der Waals surface area contributed by atoms with Crippen LogP contribution in [0.15, 0.2) is 30.5 Å². The van der Waals surface area contributed by atoms with E-state index in [0.717, 1.165) is 22.6 Å². The van der Waals surface area contributed by atoms with Crippen molar-refractivity contribution in [2.24, 2.45) is 7.05 Å². The van der Waals surface area contributed by atoms with E-state index >= 15 is 0 Å². The molecule has 0 saturated heterocycles. The van der Waals surface area contributed by atoms with Crippen molar-refractivity contribution in [2.75, 3.05) is 0 Å². The Balaban J connectivity index is 2.23. The lowest BCUT2D eigenvalue weighted by Gasteiger charge is -1.98. The molecule has 1 aromatic carbocycles. The maximum absolute atomic E-state index is 6.11. The number of H-pyrrole nitrogens is 1. The van der Waals surface area contributed by atoms with Crippen LogP contribution in [0.4, 0.5) is 0 Å². The molecule has 4 nitrogen and oxygen atoms in total. The number of hydrogen-bond acceptors (Lipinski definition) is 2. The Labute approximate surface area is 96.9 Å². The van der Waals surface area contributed by atoms with E-state index < -0.39 is 0 Å². The molecular formula is C11H9ClN4. The molecule has 0 bridgehead atoms. The first-order valence-electron chi connectivity index (χ1n) is 4.88. The second-order valence-electron chi connectivity index (χ2n) is 3.57. The van der Waals surface area contributed by atoms with Crippen molar-refractivity contribution in [1.29, 1.82) is 0 Å². The minimum atomic E-state index is 0.689. The highest BCUT2D eigenvalue weighted by molar-refractivity contribution is 6.33. The second-order valence-corrected chi connectivity index (χ2v) is 3.98. The first-order valence-corrected chi connectivity index (χ1v) is 5.26. The molecule has 16 heavy (non-hydrogen) atoms. The van der Waals surface area contributed by atoms with Gasteiger partial charge < -0.3 is 4.98 Å². The Morgan fingerprint density at radius 1 is 1.31 bits per heavy atom. The number of nitrogens with one attached hydrogen (secondary N) is 1. The number of halogens is 1. The first kappa shape index (κ1) is 9.42. The van der Waals surface area contributed by atoms with Crippen LogP contribution in [0.5, 0.6) is 0 Å². The Hall–Kier alpha value is -1.81. The van der Waals surface area contributed by atoms with Crippen LogP contribution in [-0.2, 0) is 7.05 Å². The van der Waals surface area contributed by atoms with Crippen molar-refractivity contribution in [2.45, 2.75) is 0 Å². The van der Waals surface area contributed by atoms with Crippen molar-refractivity contribution in [3.8, 4) is 11.4 Å². The van der Waals surface area contributed by atoms with E-state index in [-0.39, 0.29) is 0 Å². The summed E-state index contributed by atoms with van der Waals surface area (Å²) < 4.78 is 1.73. The van der Waals surface area contributed by atoms with Crippen LogP contribution in [-0.4, -0.2) is 19.7 Å². The molecule has 0 aliphatic heterocycles. The average Bonchev–Trinajstić information content (AvgIpc) is 2.82. The molecule has 0 fully saturated rings. The van der Waals surface area contributed by atoms with Crippen molar-refractivity contribution >= 4 is 22.8 Å². The fraction of sp³-hybridized carbons (Fsp3) is 0.0909. The Bertz CT molecular complexity index is 653. The molecule has 0 aliphatic carbocycles. The summed E-state index contributed by atoms with van der Waals surface area (Å²) in [5.74, 6) is 0.772. The molecule has 2 heterocycles. The number of aromatic nitrogens is 4. The number of rotatable bonds is 1. The molecule has 80 valence electrons. The smallest absolute Gasteiger partial charge is 0.176 e. The zero-order valence-electron chi connectivity index (χ0n) is 8.61. The van der Waals surface area contributed by atoms with Crippen LogP contribution in [0.1, 0.15) is 0 Å². The summed E-state index contributed by atoms with van der Waals surface area (Å²) >= 11 is 6.11.